The van der Waals surface area contributed by atoms with Gasteiger partial charge >= 0.3 is 0 Å². The van der Waals surface area contributed by atoms with Gasteiger partial charge in [0.1, 0.15) is 6.23 Å². The van der Waals surface area contributed by atoms with Gasteiger partial charge in [-0.2, -0.15) is 0 Å². The predicted octanol–water partition coefficient (Wildman–Crippen LogP) is 5.11. The topological polar surface area (TPSA) is 113 Å². The minimum Gasteiger partial charge on any atom is -0.493 e. The first kappa shape index (κ1) is 27.8. The van der Waals surface area contributed by atoms with Crippen molar-refractivity contribution in [2.24, 2.45) is 0 Å². The predicted molar refractivity (Wildman–Crippen MR) is 152 cm³/mol. The van der Waals surface area contributed by atoms with Crippen molar-refractivity contribution in [3.8, 4) is 28.4 Å². The van der Waals surface area contributed by atoms with Crippen molar-refractivity contribution in [1.82, 2.24) is 10.3 Å². The summed E-state index contributed by atoms with van der Waals surface area (Å²) >= 11 is 0. The Kier molecular flexibility index (Phi) is 8.91. The van der Waals surface area contributed by atoms with E-state index in [1.165, 1.54) is 7.11 Å². The van der Waals surface area contributed by atoms with Crippen LogP contribution in [-0.2, 0) is 0 Å². The Balaban J connectivity index is 1.68. The van der Waals surface area contributed by atoms with E-state index in [2.05, 4.69) is 10.3 Å². The molecule has 0 fully saturated rings. The Morgan fingerprint density at radius 2 is 1.69 bits per heavy atom. The number of nitrogens with one attached hydrogen (secondary N) is 2. The van der Waals surface area contributed by atoms with Gasteiger partial charge in [-0.1, -0.05) is 37.3 Å². The number of amides is 1. The van der Waals surface area contributed by atoms with Crippen LogP contribution in [-0.4, -0.2) is 55.3 Å². The van der Waals surface area contributed by atoms with E-state index in [0.717, 1.165) is 33.2 Å². The third kappa shape index (κ3) is 6.08. The monoisotopic (exact) mass is 530 g/mol. The number of aromatic nitrogens is 1. The molecule has 204 valence electrons. The minimum absolute atomic E-state index is 0.0222. The second-order valence-corrected chi connectivity index (χ2v) is 9.17. The number of aromatic amines is 1. The van der Waals surface area contributed by atoms with Gasteiger partial charge in [0.15, 0.2) is 11.5 Å². The Morgan fingerprint density at radius 3 is 2.36 bits per heavy atom. The van der Waals surface area contributed by atoms with E-state index < -0.39 is 12.1 Å². The molecule has 2 atom stereocenters. The summed E-state index contributed by atoms with van der Waals surface area (Å²) in [5.41, 5.74) is 4.51. The lowest BCUT2D eigenvalue weighted by Crippen LogP contribution is -2.38. The Hall–Kier alpha value is -4.27. The number of aliphatic hydroxyl groups excluding tert-OH is 2. The highest BCUT2D eigenvalue weighted by atomic mass is 16.5. The van der Waals surface area contributed by atoms with Gasteiger partial charge in [-0.25, -0.2) is 0 Å². The van der Waals surface area contributed by atoms with Crippen LogP contribution in [0.15, 0.2) is 66.9 Å². The van der Waals surface area contributed by atoms with E-state index in [0.29, 0.717) is 29.2 Å². The lowest BCUT2D eigenvalue weighted by Gasteiger charge is -2.20. The van der Waals surface area contributed by atoms with E-state index in [-0.39, 0.29) is 12.5 Å². The summed E-state index contributed by atoms with van der Waals surface area (Å²) < 4.78 is 16.5. The van der Waals surface area contributed by atoms with Crippen molar-refractivity contribution in [2.75, 3.05) is 27.9 Å². The molecule has 0 radical (unpaired) electrons. The second kappa shape index (κ2) is 12.5. The molecule has 4 rings (SSSR count). The van der Waals surface area contributed by atoms with Gasteiger partial charge in [0.25, 0.3) is 5.91 Å². The minimum atomic E-state index is -1.12. The molecule has 8 heteroatoms. The van der Waals surface area contributed by atoms with Crippen LogP contribution >= 0.6 is 0 Å². The van der Waals surface area contributed by atoms with Crippen molar-refractivity contribution >= 4 is 22.9 Å². The zero-order valence-corrected chi connectivity index (χ0v) is 22.5. The largest absolute Gasteiger partial charge is 0.493 e. The fourth-order valence-corrected chi connectivity index (χ4v) is 4.57. The molecule has 0 spiro atoms. The fraction of sp³-hybridized carbons (Fsp3) is 0.258. The van der Waals surface area contributed by atoms with Gasteiger partial charge < -0.3 is 34.7 Å². The summed E-state index contributed by atoms with van der Waals surface area (Å²) in [6, 6.07) is 16.9. The number of carbonyl (C=O) groups is 1. The van der Waals surface area contributed by atoms with Gasteiger partial charge in [0.05, 0.1) is 21.3 Å². The number of methoxy groups -OCH3 is 3. The SMILES string of the molecule is COc1cc(-c2cc(/C=C\CCO)cc(C(=O)N[C@H](O)C(C)c3c[nH]c4ccccc34)c2)cc(OC)c1OC. The molecule has 0 bridgehead atoms. The summed E-state index contributed by atoms with van der Waals surface area (Å²) in [7, 11) is 4.63. The number of hydrogen-bond acceptors (Lipinski definition) is 6. The third-order valence-corrected chi connectivity index (χ3v) is 6.69. The van der Waals surface area contributed by atoms with Crippen molar-refractivity contribution in [1.29, 1.82) is 0 Å². The summed E-state index contributed by atoms with van der Waals surface area (Å²) in [5, 5.41) is 23.9. The first-order valence-electron chi connectivity index (χ1n) is 12.7. The van der Waals surface area contributed by atoms with E-state index in [4.69, 9.17) is 14.2 Å². The summed E-state index contributed by atoms with van der Waals surface area (Å²) in [6.45, 7) is 1.89. The summed E-state index contributed by atoms with van der Waals surface area (Å²) in [5.74, 6) is 0.673. The van der Waals surface area contributed by atoms with Crippen LogP contribution in [0, 0.1) is 0 Å². The van der Waals surface area contributed by atoms with Crippen molar-refractivity contribution in [2.45, 2.75) is 25.5 Å². The van der Waals surface area contributed by atoms with Crippen LogP contribution in [0.4, 0.5) is 0 Å². The molecule has 1 aromatic heterocycles. The molecule has 1 amide bonds. The van der Waals surface area contributed by atoms with E-state index in [1.807, 2.05) is 67.7 Å². The van der Waals surface area contributed by atoms with Crippen LogP contribution in [0.25, 0.3) is 28.1 Å². The molecule has 1 unspecified atom stereocenters. The van der Waals surface area contributed by atoms with Crippen LogP contribution in [0.2, 0.25) is 0 Å². The molecular formula is C31H34N2O6. The van der Waals surface area contributed by atoms with E-state index in [1.54, 1.807) is 26.4 Å². The van der Waals surface area contributed by atoms with Crippen molar-refractivity contribution in [3.63, 3.8) is 0 Å². The number of H-pyrrole nitrogens is 1. The Bertz CT molecular complexity index is 1450. The van der Waals surface area contributed by atoms with Crippen LogP contribution in [0.3, 0.4) is 0 Å². The van der Waals surface area contributed by atoms with Gasteiger partial charge in [-0.15, -0.1) is 0 Å². The van der Waals surface area contributed by atoms with Gasteiger partial charge in [0, 0.05) is 35.2 Å². The van der Waals surface area contributed by atoms with E-state index in [9.17, 15) is 15.0 Å². The highest BCUT2D eigenvalue weighted by molar-refractivity contribution is 5.96. The highest BCUT2D eigenvalue weighted by Gasteiger charge is 2.22. The lowest BCUT2D eigenvalue weighted by atomic mass is 9.97. The maximum absolute atomic E-state index is 13.4. The second-order valence-electron chi connectivity index (χ2n) is 9.17. The van der Waals surface area contributed by atoms with Gasteiger partial charge in [-0.3, -0.25) is 4.79 Å². The first-order chi connectivity index (χ1) is 18.9. The average Bonchev–Trinajstić information content (AvgIpc) is 3.40. The van der Waals surface area contributed by atoms with Crippen LogP contribution in [0.5, 0.6) is 17.2 Å². The maximum atomic E-state index is 13.4. The number of ether oxygens (including phenoxy) is 3. The zero-order chi connectivity index (χ0) is 27.9. The molecule has 8 nitrogen and oxygen atoms in total. The van der Waals surface area contributed by atoms with Crippen LogP contribution < -0.4 is 19.5 Å². The summed E-state index contributed by atoms with van der Waals surface area (Å²) in [6.07, 6.45) is 4.91. The van der Waals surface area contributed by atoms with Gasteiger partial charge in [-0.05, 0) is 65.1 Å². The molecule has 39 heavy (non-hydrogen) atoms. The first-order valence-corrected chi connectivity index (χ1v) is 12.7. The molecule has 4 N–H and O–H groups in total. The number of hydrogen-bond donors (Lipinski definition) is 4. The lowest BCUT2D eigenvalue weighted by molar-refractivity contribution is 0.0728. The number of benzene rings is 3. The molecule has 0 saturated carbocycles. The highest BCUT2D eigenvalue weighted by Crippen LogP contribution is 2.41. The van der Waals surface area contributed by atoms with Crippen LogP contribution in [0.1, 0.15) is 40.7 Å². The number of aliphatic hydroxyl groups is 2. The van der Waals surface area contributed by atoms with Crippen molar-refractivity contribution < 1.29 is 29.2 Å². The molecule has 0 saturated heterocycles. The molecule has 0 aliphatic carbocycles. The van der Waals surface area contributed by atoms with E-state index >= 15 is 0 Å². The summed E-state index contributed by atoms with van der Waals surface area (Å²) in [4.78, 5) is 16.6. The molecule has 3 aromatic carbocycles. The fourth-order valence-electron chi connectivity index (χ4n) is 4.57. The smallest absolute Gasteiger partial charge is 0.253 e. The Morgan fingerprint density at radius 1 is 1.00 bits per heavy atom. The number of fused-ring (bicyclic) bond motifs is 1. The molecule has 1 heterocycles. The van der Waals surface area contributed by atoms with Crippen molar-refractivity contribution in [3.05, 3.63) is 83.6 Å². The molecule has 0 aliphatic heterocycles. The maximum Gasteiger partial charge on any atom is 0.253 e. The standard InChI is InChI=1S/C31H34N2O6/c1-19(25-18-32-26-11-6-5-10-24(25)26)30(35)33-31(36)23-14-20(9-7-8-12-34)13-21(15-23)22-16-27(37-2)29(39-4)28(17-22)38-3/h5-7,9-11,13-19,30,32,34-35H,8,12H2,1-4H3,(H,33,36)/b9-7-/t19?,30-/m1/s1. The average molecular weight is 531 g/mol. The number of para-hydroxylation sites is 1. The third-order valence-electron chi connectivity index (χ3n) is 6.69. The number of rotatable bonds is 11. The molecule has 0 aliphatic rings. The Labute approximate surface area is 227 Å². The molecular weight excluding hydrogens is 496 g/mol. The zero-order valence-electron chi connectivity index (χ0n) is 22.5. The normalized spacial score (nSPS) is 12.9. The quantitative estimate of drug-likeness (QED) is 0.201. The molecule has 4 aromatic rings. The van der Waals surface area contributed by atoms with Gasteiger partial charge in [0.2, 0.25) is 5.75 Å². The number of carbonyl (C=O) groups excluding carboxylic acids is 1.